The highest BCUT2D eigenvalue weighted by atomic mass is 32.2. The lowest BCUT2D eigenvalue weighted by Gasteiger charge is -2.19. The Morgan fingerprint density at radius 2 is 1.96 bits per heavy atom. The molecule has 2 aromatic rings. The summed E-state index contributed by atoms with van der Waals surface area (Å²) in [4.78, 5) is 14.4. The Morgan fingerprint density at radius 1 is 1.16 bits per heavy atom. The van der Waals surface area contributed by atoms with Crippen LogP contribution in [0.5, 0.6) is 0 Å². The van der Waals surface area contributed by atoms with Gasteiger partial charge in [0.2, 0.25) is 4.87 Å². The number of hydrazone groups is 1. The summed E-state index contributed by atoms with van der Waals surface area (Å²) in [5.41, 5.74) is 2.81. The molecule has 1 atom stereocenters. The summed E-state index contributed by atoms with van der Waals surface area (Å²) in [6.07, 6.45) is -3.50. The third-order valence-corrected chi connectivity index (χ3v) is 5.12. The van der Waals surface area contributed by atoms with Gasteiger partial charge in [-0.2, -0.15) is 18.3 Å². The van der Waals surface area contributed by atoms with Crippen molar-refractivity contribution >= 4 is 28.4 Å². The predicted molar refractivity (Wildman–Crippen MR) is 83.2 cm³/mol. The number of alkyl halides is 3. The lowest BCUT2D eigenvalue weighted by atomic mass is 10.1. The monoisotopic (exact) mass is 368 g/mol. The zero-order valence-corrected chi connectivity index (χ0v) is 13.0. The molecule has 2 aliphatic rings. The Morgan fingerprint density at radius 3 is 2.64 bits per heavy atom. The molecule has 25 heavy (non-hydrogen) atoms. The van der Waals surface area contributed by atoms with Crippen LogP contribution in [0.3, 0.4) is 0 Å². The van der Waals surface area contributed by atoms with Crippen LogP contribution < -0.4 is 10.7 Å². The summed E-state index contributed by atoms with van der Waals surface area (Å²) in [7, 11) is 0. The minimum atomic E-state index is -4.54. The van der Waals surface area contributed by atoms with Gasteiger partial charge in [-0.3, -0.25) is 15.2 Å². The number of pyridine rings is 1. The highest BCUT2D eigenvalue weighted by Gasteiger charge is 2.52. The molecule has 0 saturated heterocycles. The summed E-state index contributed by atoms with van der Waals surface area (Å²) in [6.45, 7) is 0. The van der Waals surface area contributed by atoms with E-state index in [0.717, 1.165) is 24.0 Å². The summed E-state index contributed by atoms with van der Waals surface area (Å²) >= 11 is 0.985. The van der Waals surface area contributed by atoms with Gasteiger partial charge < -0.3 is 5.32 Å². The molecule has 0 fully saturated rings. The Labute approximate surface area is 142 Å². The summed E-state index contributed by atoms with van der Waals surface area (Å²) in [5, 5.41) is 6.95. The second-order valence-electron chi connectivity index (χ2n) is 5.39. The summed E-state index contributed by atoms with van der Waals surface area (Å²) in [5.74, 6) is -0.946. The normalized spacial score (nSPS) is 21.8. The molecule has 128 valence electrons. The number of carbonyl (C=O) groups excluding carboxylic acids is 1. The van der Waals surface area contributed by atoms with E-state index in [1.165, 1.54) is 24.3 Å². The third kappa shape index (κ3) is 2.44. The van der Waals surface area contributed by atoms with Crippen molar-refractivity contribution in [2.45, 2.75) is 11.0 Å². The van der Waals surface area contributed by atoms with Gasteiger partial charge in [-0.05, 0) is 30.3 Å². The van der Waals surface area contributed by atoms with Crippen LogP contribution in [0.15, 0.2) is 41.6 Å². The van der Waals surface area contributed by atoms with Gasteiger partial charge >= 0.3 is 6.18 Å². The first-order chi connectivity index (χ1) is 11.8. The standard InChI is InChI=1S/C15H8F4N4OS/c16-8-2-3-10-9(5-8)14(13(24)21-10)23-22-12(25-14)7-1-4-11(20-6-7)15(17,18)19/h1-6,23H,(H,21,24). The molecule has 2 aliphatic heterocycles. The third-order valence-electron chi connectivity index (χ3n) is 3.79. The van der Waals surface area contributed by atoms with Gasteiger partial charge in [-0.1, -0.05) is 11.8 Å². The fraction of sp³-hybridized carbons (Fsp3) is 0.133. The van der Waals surface area contributed by atoms with Gasteiger partial charge in [-0.15, -0.1) is 0 Å². The quantitative estimate of drug-likeness (QED) is 0.760. The zero-order chi connectivity index (χ0) is 17.8. The number of anilines is 1. The molecule has 1 spiro atoms. The van der Waals surface area contributed by atoms with Crippen LogP contribution >= 0.6 is 11.8 Å². The van der Waals surface area contributed by atoms with Crippen molar-refractivity contribution in [3.8, 4) is 0 Å². The van der Waals surface area contributed by atoms with Crippen LogP contribution in [0, 0.1) is 5.82 Å². The van der Waals surface area contributed by atoms with E-state index in [4.69, 9.17) is 0 Å². The van der Waals surface area contributed by atoms with Crippen molar-refractivity contribution in [1.82, 2.24) is 10.4 Å². The number of halogens is 4. The molecule has 3 heterocycles. The Bertz CT molecular complexity index is 913. The van der Waals surface area contributed by atoms with Crippen LogP contribution in [0.1, 0.15) is 16.8 Å². The highest BCUT2D eigenvalue weighted by molar-refractivity contribution is 8.16. The van der Waals surface area contributed by atoms with Crippen molar-refractivity contribution < 1.29 is 22.4 Å². The number of rotatable bonds is 1. The summed E-state index contributed by atoms with van der Waals surface area (Å²) < 4.78 is 51.4. The van der Waals surface area contributed by atoms with Gasteiger partial charge in [0.15, 0.2) is 0 Å². The van der Waals surface area contributed by atoms with E-state index < -0.39 is 28.5 Å². The molecule has 5 nitrogen and oxygen atoms in total. The molecular weight excluding hydrogens is 360 g/mol. The molecule has 1 amide bonds. The van der Waals surface area contributed by atoms with Crippen LogP contribution in [0.4, 0.5) is 23.2 Å². The molecular formula is C15H8F4N4OS. The maximum atomic E-state index is 13.6. The van der Waals surface area contributed by atoms with E-state index >= 15 is 0 Å². The number of hydrogen-bond acceptors (Lipinski definition) is 5. The minimum Gasteiger partial charge on any atom is -0.323 e. The van der Waals surface area contributed by atoms with Crippen molar-refractivity contribution in [3.63, 3.8) is 0 Å². The molecule has 0 radical (unpaired) electrons. The number of carbonyl (C=O) groups is 1. The second kappa shape index (κ2) is 5.19. The van der Waals surface area contributed by atoms with Gasteiger partial charge in [0.1, 0.15) is 16.6 Å². The second-order valence-corrected chi connectivity index (χ2v) is 6.59. The van der Waals surface area contributed by atoms with E-state index in [-0.39, 0.29) is 5.04 Å². The first-order valence-corrected chi connectivity index (χ1v) is 7.80. The SMILES string of the molecule is O=C1Nc2ccc(F)cc2C12NN=C(c1ccc(C(F)(F)F)nc1)S2. The smallest absolute Gasteiger partial charge is 0.323 e. The topological polar surface area (TPSA) is 66.4 Å². The number of fused-ring (bicyclic) bond motifs is 2. The number of benzene rings is 1. The Hall–Kier alpha value is -2.62. The number of amides is 1. The van der Waals surface area contributed by atoms with Crippen LogP contribution in [0.25, 0.3) is 0 Å². The average molecular weight is 368 g/mol. The lowest BCUT2D eigenvalue weighted by molar-refractivity contribution is -0.141. The van der Waals surface area contributed by atoms with E-state index in [9.17, 15) is 22.4 Å². The number of aromatic nitrogens is 1. The molecule has 1 aromatic carbocycles. The maximum absolute atomic E-state index is 13.6. The fourth-order valence-corrected chi connectivity index (χ4v) is 3.73. The molecule has 1 aromatic heterocycles. The molecule has 0 saturated carbocycles. The van der Waals surface area contributed by atoms with Crippen molar-refractivity contribution in [3.05, 3.63) is 59.2 Å². The number of hydrogen-bond donors (Lipinski definition) is 2. The van der Waals surface area contributed by atoms with E-state index in [1.54, 1.807) is 0 Å². The number of nitrogens with zero attached hydrogens (tertiary/aromatic N) is 2. The summed E-state index contributed by atoms with van der Waals surface area (Å²) in [6, 6.07) is 5.95. The molecule has 10 heteroatoms. The van der Waals surface area contributed by atoms with Gasteiger partial charge in [-0.25, -0.2) is 4.39 Å². The average Bonchev–Trinajstić information content (AvgIpc) is 3.12. The lowest BCUT2D eigenvalue weighted by Crippen LogP contribution is -2.39. The Balaban J connectivity index is 1.66. The Kier molecular flexibility index (Phi) is 3.29. The van der Waals surface area contributed by atoms with Crippen LogP contribution in [-0.4, -0.2) is 15.9 Å². The van der Waals surface area contributed by atoms with Crippen molar-refractivity contribution in [2.75, 3.05) is 5.32 Å². The zero-order valence-electron chi connectivity index (χ0n) is 12.2. The van der Waals surface area contributed by atoms with E-state index in [2.05, 4.69) is 20.8 Å². The molecule has 0 aliphatic carbocycles. The largest absolute Gasteiger partial charge is 0.433 e. The molecule has 2 N–H and O–H groups in total. The number of nitrogens with one attached hydrogen (secondary N) is 2. The van der Waals surface area contributed by atoms with Gasteiger partial charge in [0.25, 0.3) is 5.91 Å². The highest BCUT2D eigenvalue weighted by Crippen LogP contribution is 2.48. The van der Waals surface area contributed by atoms with E-state index in [0.29, 0.717) is 16.8 Å². The van der Waals surface area contributed by atoms with Crippen LogP contribution in [-0.2, 0) is 15.8 Å². The fourth-order valence-electron chi connectivity index (χ4n) is 2.59. The van der Waals surface area contributed by atoms with Crippen molar-refractivity contribution in [2.24, 2.45) is 5.10 Å². The minimum absolute atomic E-state index is 0.286. The number of thioether (sulfide) groups is 1. The molecule has 1 unspecified atom stereocenters. The predicted octanol–water partition coefficient (Wildman–Crippen LogP) is 3.04. The van der Waals surface area contributed by atoms with Crippen molar-refractivity contribution in [1.29, 1.82) is 0 Å². The maximum Gasteiger partial charge on any atom is 0.433 e. The van der Waals surface area contributed by atoms with Gasteiger partial charge in [0, 0.05) is 23.0 Å². The molecule has 0 bridgehead atoms. The van der Waals surface area contributed by atoms with Gasteiger partial charge in [0.05, 0.1) is 0 Å². The molecule has 4 rings (SSSR count). The first kappa shape index (κ1) is 15.9. The van der Waals surface area contributed by atoms with E-state index in [1.807, 2.05) is 0 Å². The van der Waals surface area contributed by atoms with Crippen LogP contribution in [0.2, 0.25) is 0 Å². The first-order valence-electron chi connectivity index (χ1n) is 6.98.